The molecule has 2 heteroatoms. The van der Waals surface area contributed by atoms with Crippen LogP contribution in [-0.2, 0) is 5.41 Å². The molecule has 0 aromatic heterocycles. The van der Waals surface area contributed by atoms with E-state index in [1.165, 1.54) is 16.7 Å². The van der Waals surface area contributed by atoms with Crippen LogP contribution in [0.1, 0.15) is 33.3 Å². The Kier molecular flexibility index (Phi) is 5.60. The van der Waals surface area contributed by atoms with Crippen molar-refractivity contribution < 1.29 is 0 Å². The Morgan fingerprint density at radius 2 is 1.50 bits per heavy atom. The molecule has 0 fully saturated rings. The molecule has 0 aliphatic heterocycles. The molecular formula is C26H30N2. The van der Waals surface area contributed by atoms with Crippen LogP contribution in [0.4, 0.5) is 17.1 Å². The lowest BCUT2D eigenvalue weighted by Crippen LogP contribution is -2.15. The van der Waals surface area contributed by atoms with Gasteiger partial charge in [0.2, 0.25) is 0 Å². The van der Waals surface area contributed by atoms with Crippen LogP contribution in [0.5, 0.6) is 0 Å². The molecule has 0 bridgehead atoms. The topological polar surface area (TPSA) is 15.3 Å². The second-order valence-corrected chi connectivity index (χ2v) is 8.31. The minimum atomic E-state index is 0.0974. The predicted molar refractivity (Wildman–Crippen MR) is 124 cm³/mol. The summed E-state index contributed by atoms with van der Waals surface area (Å²) in [5.74, 6) is 0. The van der Waals surface area contributed by atoms with Crippen molar-refractivity contribution in [2.75, 3.05) is 17.3 Å². The molecule has 3 rings (SSSR count). The van der Waals surface area contributed by atoms with E-state index in [2.05, 4.69) is 110 Å². The van der Waals surface area contributed by atoms with E-state index < -0.39 is 0 Å². The van der Waals surface area contributed by atoms with Gasteiger partial charge in [0, 0.05) is 24.0 Å². The first-order chi connectivity index (χ1) is 13.3. The van der Waals surface area contributed by atoms with E-state index in [4.69, 9.17) is 0 Å². The van der Waals surface area contributed by atoms with E-state index in [1.807, 2.05) is 14.0 Å². The summed E-state index contributed by atoms with van der Waals surface area (Å²) >= 11 is 0. The maximum Gasteiger partial charge on any atom is 0.0644 e. The standard InChI is InChI=1S/C26H30N2/c1-19(2)28(6)25-15-11-10-14-24(25)27-23-17-16-21(26(3,4)5)18-22(23)20-12-8-7-9-13-20/h7-18,27H,1H2,2-6H3. The summed E-state index contributed by atoms with van der Waals surface area (Å²) in [5, 5.41) is 3.67. The van der Waals surface area contributed by atoms with Crippen LogP contribution < -0.4 is 10.2 Å². The average Bonchev–Trinajstić information content (AvgIpc) is 2.68. The van der Waals surface area contributed by atoms with Gasteiger partial charge in [0.25, 0.3) is 0 Å². The van der Waals surface area contributed by atoms with Crippen molar-refractivity contribution in [1.82, 2.24) is 0 Å². The molecule has 28 heavy (non-hydrogen) atoms. The quantitative estimate of drug-likeness (QED) is 0.504. The Hall–Kier alpha value is -3.00. The molecule has 0 atom stereocenters. The number of nitrogens with zero attached hydrogens (tertiary/aromatic N) is 1. The highest BCUT2D eigenvalue weighted by Crippen LogP contribution is 2.37. The lowest BCUT2D eigenvalue weighted by atomic mass is 9.85. The van der Waals surface area contributed by atoms with Crippen molar-refractivity contribution in [1.29, 1.82) is 0 Å². The highest BCUT2D eigenvalue weighted by atomic mass is 15.1. The monoisotopic (exact) mass is 370 g/mol. The Labute approximate surface area is 169 Å². The Balaban J connectivity index is 2.10. The molecule has 0 heterocycles. The van der Waals surface area contributed by atoms with Gasteiger partial charge in [-0.05, 0) is 47.7 Å². The number of hydrogen-bond donors (Lipinski definition) is 1. The number of rotatable bonds is 5. The van der Waals surface area contributed by atoms with Crippen LogP contribution in [-0.4, -0.2) is 7.05 Å². The SMILES string of the molecule is C=C(C)N(C)c1ccccc1Nc1ccc(C(C)(C)C)cc1-c1ccccc1. The second kappa shape index (κ2) is 7.93. The van der Waals surface area contributed by atoms with E-state index in [9.17, 15) is 0 Å². The average molecular weight is 371 g/mol. The largest absolute Gasteiger partial charge is 0.353 e. The maximum absolute atomic E-state index is 4.08. The number of anilines is 3. The Morgan fingerprint density at radius 3 is 2.14 bits per heavy atom. The number of benzene rings is 3. The highest BCUT2D eigenvalue weighted by molar-refractivity contribution is 5.85. The lowest BCUT2D eigenvalue weighted by molar-refractivity contribution is 0.590. The fourth-order valence-electron chi connectivity index (χ4n) is 3.20. The van der Waals surface area contributed by atoms with E-state index in [0.29, 0.717) is 0 Å². The first kappa shape index (κ1) is 19.8. The fourth-order valence-corrected chi connectivity index (χ4v) is 3.20. The molecule has 0 radical (unpaired) electrons. The van der Waals surface area contributed by atoms with Crippen molar-refractivity contribution in [2.24, 2.45) is 0 Å². The van der Waals surface area contributed by atoms with E-state index in [1.54, 1.807) is 0 Å². The molecule has 1 N–H and O–H groups in total. The normalized spacial score (nSPS) is 11.2. The van der Waals surface area contributed by atoms with Gasteiger partial charge in [0.15, 0.2) is 0 Å². The summed E-state index contributed by atoms with van der Waals surface area (Å²) in [4.78, 5) is 2.11. The zero-order valence-corrected chi connectivity index (χ0v) is 17.6. The first-order valence-corrected chi connectivity index (χ1v) is 9.72. The van der Waals surface area contributed by atoms with Gasteiger partial charge in [0.05, 0.1) is 11.4 Å². The van der Waals surface area contributed by atoms with Crippen molar-refractivity contribution in [2.45, 2.75) is 33.1 Å². The molecule has 0 unspecified atom stereocenters. The molecule has 144 valence electrons. The van der Waals surface area contributed by atoms with Crippen molar-refractivity contribution in [3.63, 3.8) is 0 Å². The van der Waals surface area contributed by atoms with Crippen molar-refractivity contribution in [3.8, 4) is 11.1 Å². The minimum absolute atomic E-state index is 0.0974. The molecular weight excluding hydrogens is 340 g/mol. The third-order valence-electron chi connectivity index (χ3n) is 5.08. The van der Waals surface area contributed by atoms with Crippen LogP contribution in [0.2, 0.25) is 0 Å². The first-order valence-electron chi connectivity index (χ1n) is 9.72. The smallest absolute Gasteiger partial charge is 0.0644 e. The Bertz CT molecular complexity index is 965. The van der Waals surface area contributed by atoms with Gasteiger partial charge in [-0.15, -0.1) is 0 Å². The summed E-state index contributed by atoms with van der Waals surface area (Å²) in [6.45, 7) is 12.9. The second-order valence-electron chi connectivity index (χ2n) is 8.31. The van der Waals surface area contributed by atoms with Crippen LogP contribution in [0.25, 0.3) is 11.1 Å². The van der Waals surface area contributed by atoms with E-state index in [0.717, 1.165) is 22.8 Å². The van der Waals surface area contributed by atoms with E-state index in [-0.39, 0.29) is 5.41 Å². The molecule has 3 aromatic carbocycles. The number of hydrogen-bond acceptors (Lipinski definition) is 2. The molecule has 0 saturated carbocycles. The van der Waals surface area contributed by atoms with Gasteiger partial charge in [-0.3, -0.25) is 0 Å². The van der Waals surface area contributed by atoms with Crippen LogP contribution in [0.15, 0.2) is 85.1 Å². The molecule has 0 aliphatic carbocycles. The molecule has 0 spiro atoms. The van der Waals surface area contributed by atoms with Gasteiger partial charge in [-0.25, -0.2) is 0 Å². The molecule has 0 amide bonds. The van der Waals surface area contributed by atoms with Gasteiger partial charge < -0.3 is 10.2 Å². The number of para-hydroxylation sites is 2. The van der Waals surface area contributed by atoms with Crippen molar-refractivity contribution >= 4 is 17.1 Å². The van der Waals surface area contributed by atoms with Gasteiger partial charge in [-0.2, -0.15) is 0 Å². The van der Waals surface area contributed by atoms with Gasteiger partial charge in [-0.1, -0.05) is 75.9 Å². The summed E-state index contributed by atoms with van der Waals surface area (Å²) in [6, 6.07) is 25.6. The van der Waals surface area contributed by atoms with Gasteiger partial charge >= 0.3 is 0 Å². The van der Waals surface area contributed by atoms with Gasteiger partial charge in [0.1, 0.15) is 0 Å². The third kappa shape index (κ3) is 4.28. The maximum atomic E-state index is 4.08. The fraction of sp³-hybridized carbons (Fsp3) is 0.231. The summed E-state index contributed by atoms with van der Waals surface area (Å²) in [5.41, 5.74) is 8.11. The zero-order valence-electron chi connectivity index (χ0n) is 17.6. The molecule has 3 aromatic rings. The third-order valence-corrected chi connectivity index (χ3v) is 5.08. The molecule has 2 nitrogen and oxygen atoms in total. The molecule has 0 saturated heterocycles. The van der Waals surface area contributed by atoms with Crippen LogP contribution >= 0.6 is 0 Å². The lowest BCUT2D eigenvalue weighted by Gasteiger charge is -2.25. The Morgan fingerprint density at radius 1 is 0.857 bits per heavy atom. The van der Waals surface area contributed by atoms with Crippen molar-refractivity contribution in [3.05, 3.63) is 90.6 Å². The number of allylic oxidation sites excluding steroid dienone is 1. The summed E-state index contributed by atoms with van der Waals surface area (Å²) < 4.78 is 0. The summed E-state index contributed by atoms with van der Waals surface area (Å²) in [6.07, 6.45) is 0. The van der Waals surface area contributed by atoms with Crippen LogP contribution in [0.3, 0.4) is 0 Å². The predicted octanol–water partition coefficient (Wildman–Crippen LogP) is 7.36. The summed E-state index contributed by atoms with van der Waals surface area (Å²) in [7, 11) is 2.05. The van der Waals surface area contributed by atoms with Crippen LogP contribution in [0, 0.1) is 0 Å². The highest BCUT2D eigenvalue weighted by Gasteiger charge is 2.17. The molecule has 0 aliphatic rings. The minimum Gasteiger partial charge on any atom is -0.353 e. The zero-order chi connectivity index (χ0) is 20.3. The van der Waals surface area contributed by atoms with E-state index >= 15 is 0 Å². The number of nitrogens with one attached hydrogen (secondary N) is 1.